The summed E-state index contributed by atoms with van der Waals surface area (Å²) in [6.07, 6.45) is 5.70. The summed E-state index contributed by atoms with van der Waals surface area (Å²) in [5.41, 5.74) is 3.26. The molecule has 5 rings (SSSR count). The van der Waals surface area contributed by atoms with Crippen LogP contribution >= 0.6 is 11.6 Å². The van der Waals surface area contributed by atoms with Crippen molar-refractivity contribution in [3.8, 4) is 16.8 Å². The first-order valence-corrected chi connectivity index (χ1v) is 13.9. The Kier molecular flexibility index (Phi) is 8.86. The van der Waals surface area contributed by atoms with Crippen molar-refractivity contribution in [1.29, 1.82) is 0 Å². The van der Waals surface area contributed by atoms with Gasteiger partial charge in [-0.25, -0.2) is 18.7 Å². The molecule has 2 amide bonds. The van der Waals surface area contributed by atoms with E-state index in [9.17, 15) is 23.9 Å². The van der Waals surface area contributed by atoms with Gasteiger partial charge in [-0.15, -0.1) is 0 Å². The van der Waals surface area contributed by atoms with Crippen LogP contribution in [0.25, 0.3) is 16.8 Å². The molecule has 0 aliphatic carbocycles. The smallest absolute Gasteiger partial charge is 0.411 e. The van der Waals surface area contributed by atoms with Crippen molar-refractivity contribution in [2.75, 3.05) is 17.7 Å². The van der Waals surface area contributed by atoms with E-state index in [0.717, 1.165) is 5.56 Å². The summed E-state index contributed by atoms with van der Waals surface area (Å²) in [4.78, 5) is 41.8. The van der Waals surface area contributed by atoms with Gasteiger partial charge < -0.3 is 20.5 Å². The third-order valence-electron chi connectivity index (χ3n) is 7.09. The van der Waals surface area contributed by atoms with Gasteiger partial charge in [0.15, 0.2) is 5.82 Å². The molecule has 11 nitrogen and oxygen atoms in total. The fraction of sp³-hybridized carbons (Fsp3) is 0.233. The van der Waals surface area contributed by atoms with Crippen LogP contribution in [0, 0.1) is 5.82 Å². The number of benzene rings is 2. The summed E-state index contributed by atoms with van der Waals surface area (Å²) in [5, 5.41) is 22.7. The van der Waals surface area contributed by atoms with E-state index >= 15 is 0 Å². The van der Waals surface area contributed by atoms with Crippen LogP contribution in [0.2, 0.25) is 5.02 Å². The zero-order chi connectivity index (χ0) is 30.5. The van der Waals surface area contributed by atoms with E-state index in [2.05, 4.69) is 30.8 Å². The van der Waals surface area contributed by atoms with Crippen LogP contribution < -0.4 is 16.0 Å². The Bertz CT molecular complexity index is 1680. The predicted octanol–water partition coefficient (Wildman–Crippen LogP) is 5.82. The molecule has 0 saturated heterocycles. The first-order chi connectivity index (χ1) is 20.7. The Morgan fingerprint density at radius 2 is 1.95 bits per heavy atom. The lowest BCUT2D eigenvalue weighted by atomic mass is 9.96. The second kappa shape index (κ2) is 12.9. The number of nitrogens with zero attached hydrogens (tertiary/aromatic N) is 3. The van der Waals surface area contributed by atoms with Crippen molar-refractivity contribution >= 4 is 40.9 Å². The Balaban J connectivity index is 1.46. The molecule has 0 radical (unpaired) electrons. The lowest BCUT2D eigenvalue weighted by molar-refractivity contribution is -0.138. The Morgan fingerprint density at radius 3 is 2.74 bits per heavy atom. The highest BCUT2D eigenvalue weighted by Gasteiger charge is 2.24. The molecule has 2 aromatic heterocycles. The predicted molar refractivity (Wildman–Crippen MR) is 158 cm³/mol. The number of halogens is 2. The third-order valence-corrected chi connectivity index (χ3v) is 7.38. The number of carbonyl (C=O) groups excluding carboxylic acids is 2. The van der Waals surface area contributed by atoms with Gasteiger partial charge in [-0.1, -0.05) is 36.6 Å². The van der Waals surface area contributed by atoms with Gasteiger partial charge in [0.05, 0.1) is 35.6 Å². The topological polar surface area (TPSA) is 147 Å². The van der Waals surface area contributed by atoms with Gasteiger partial charge in [0.25, 0.3) is 5.91 Å². The van der Waals surface area contributed by atoms with Crippen LogP contribution in [-0.2, 0) is 9.53 Å². The maximum Gasteiger partial charge on any atom is 0.411 e. The molecule has 1 aliphatic rings. The lowest BCUT2D eigenvalue weighted by Gasteiger charge is -2.23. The standard InChI is InChI=1S/C30H28ClFN6O5/c1-43-30(42)35-19-9-10-20-17-11-12-33-25(13-17)22(6-2-3-7-23(29(40)41)36-24(20)14-19)37-28(39)18-15-34-38(16-18)26-8-4-5-21(31)27(26)32/h4-5,8-16,22-23,36H,2-3,6-7H2,1H3,(H,35,42)(H,37,39)(H,40,41)/t22-,23+/m0/s1. The van der Waals surface area contributed by atoms with Gasteiger partial charge in [0.2, 0.25) is 0 Å². The van der Waals surface area contributed by atoms with Crippen LogP contribution in [0.5, 0.6) is 0 Å². The van der Waals surface area contributed by atoms with Crippen molar-refractivity contribution in [1.82, 2.24) is 20.1 Å². The summed E-state index contributed by atoms with van der Waals surface area (Å²) in [6, 6.07) is 11.8. The minimum atomic E-state index is -1.01. The monoisotopic (exact) mass is 606 g/mol. The largest absolute Gasteiger partial charge is 0.480 e. The summed E-state index contributed by atoms with van der Waals surface area (Å²) in [6.45, 7) is 0. The molecule has 1 aliphatic heterocycles. The maximum absolute atomic E-state index is 14.5. The maximum atomic E-state index is 14.5. The summed E-state index contributed by atoms with van der Waals surface area (Å²) in [7, 11) is 1.25. The number of pyridine rings is 1. The van der Waals surface area contributed by atoms with Gasteiger partial charge in [-0.05, 0) is 54.8 Å². The van der Waals surface area contributed by atoms with Crippen molar-refractivity contribution in [2.45, 2.75) is 37.8 Å². The molecule has 43 heavy (non-hydrogen) atoms. The molecular formula is C30H28ClFN6O5. The Morgan fingerprint density at radius 1 is 1.14 bits per heavy atom. The van der Waals surface area contributed by atoms with Crippen molar-refractivity contribution < 1.29 is 28.6 Å². The highest BCUT2D eigenvalue weighted by atomic mass is 35.5. The van der Waals surface area contributed by atoms with Gasteiger partial charge in [-0.2, -0.15) is 5.10 Å². The molecule has 0 saturated carbocycles. The molecule has 3 heterocycles. The number of hydrogen-bond donors (Lipinski definition) is 4. The quantitative estimate of drug-likeness (QED) is 0.222. The second-order valence-corrected chi connectivity index (χ2v) is 10.3. The number of ether oxygens (including phenoxy) is 1. The number of aliphatic carboxylic acids is 1. The fourth-order valence-electron chi connectivity index (χ4n) is 4.89. The summed E-state index contributed by atoms with van der Waals surface area (Å²) >= 11 is 5.90. The van der Waals surface area contributed by atoms with Crippen LogP contribution in [0.3, 0.4) is 0 Å². The minimum Gasteiger partial charge on any atom is -0.480 e. The number of carboxylic acids is 1. The van der Waals surface area contributed by atoms with E-state index in [1.165, 1.54) is 36.3 Å². The number of methoxy groups -OCH3 is 1. The number of fused-ring (bicyclic) bond motifs is 4. The number of anilines is 2. The van der Waals surface area contributed by atoms with Gasteiger partial charge in [0.1, 0.15) is 11.7 Å². The highest BCUT2D eigenvalue weighted by Crippen LogP contribution is 2.34. The van der Waals surface area contributed by atoms with Gasteiger partial charge in [-0.3, -0.25) is 15.1 Å². The molecule has 2 atom stereocenters. The Labute approximate surface area is 251 Å². The van der Waals surface area contributed by atoms with Crippen LogP contribution in [0.4, 0.5) is 20.6 Å². The molecule has 2 bridgehead atoms. The van der Waals surface area contributed by atoms with E-state index in [4.69, 9.17) is 11.6 Å². The first kappa shape index (κ1) is 29.5. The zero-order valence-corrected chi connectivity index (χ0v) is 23.8. The second-order valence-electron chi connectivity index (χ2n) is 9.94. The van der Waals surface area contributed by atoms with E-state index in [0.29, 0.717) is 48.3 Å². The average Bonchev–Trinajstić information content (AvgIpc) is 3.49. The van der Waals surface area contributed by atoms with E-state index in [1.807, 2.05) is 6.07 Å². The molecule has 4 N–H and O–H groups in total. The Hall–Kier alpha value is -4.97. The third kappa shape index (κ3) is 6.75. The number of rotatable bonds is 5. The van der Waals surface area contributed by atoms with Crippen LogP contribution in [-0.4, -0.2) is 51.0 Å². The van der Waals surface area contributed by atoms with Crippen LogP contribution in [0.15, 0.2) is 67.1 Å². The highest BCUT2D eigenvalue weighted by molar-refractivity contribution is 6.30. The van der Waals surface area contributed by atoms with Crippen LogP contribution in [0.1, 0.15) is 47.8 Å². The molecule has 13 heteroatoms. The average molecular weight is 607 g/mol. The summed E-state index contributed by atoms with van der Waals surface area (Å²) in [5.74, 6) is -2.09. The van der Waals surface area contributed by atoms with Gasteiger partial charge in [0, 0.05) is 29.3 Å². The number of hydrogen-bond acceptors (Lipinski definition) is 7. The minimum absolute atomic E-state index is 0.0592. The fourth-order valence-corrected chi connectivity index (χ4v) is 5.06. The zero-order valence-electron chi connectivity index (χ0n) is 23.0. The van der Waals surface area contributed by atoms with E-state index in [1.54, 1.807) is 36.5 Å². The molecule has 0 fully saturated rings. The molecular weight excluding hydrogens is 579 g/mol. The number of amides is 2. The first-order valence-electron chi connectivity index (χ1n) is 13.5. The van der Waals surface area contributed by atoms with Crippen molar-refractivity contribution in [3.63, 3.8) is 0 Å². The van der Waals surface area contributed by atoms with Crippen molar-refractivity contribution in [2.24, 2.45) is 0 Å². The molecule has 4 aromatic rings. The normalized spacial score (nSPS) is 16.4. The summed E-state index contributed by atoms with van der Waals surface area (Å²) < 4.78 is 20.4. The lowest BCUT2D eigenvalue weighted by Crippen LogP contribution is -2.31. The van der Waals surface area contributed by atoms with E-state index < -0.39 is 35.9 Å². The number of nitrogens with one attached hydrogen (secondary N) is 3. The van der Waals surface area contributed by atoms with Crippen molar-refractivity contribution in [3.05, 3.63) is 89.2 Å². The number of carboxylic acid groups (broad SMARTS) is 1. The SMILES string of the molecule is COC(=O)Nc1ccc2c(c1)N[C@@H](C(=O)O)CCCC[C@H](NC(=O)c1cnn(-c3cccc(Cl)c3F)c1)c1cc-2ccn1. The molecule has 222 valence electrons. The van der Waals surface area contributed by atoms with Gasteiger partial charge >= 0.3 is 12.1 Å². The van der Waals surface area contributed by atoms with E-state index in [-0.39, 0.29) is 16.3 Å². The molecule has 0 unspecified atom stereocenters. The number of aromatic nitrogens is 3. The number of carbonyl (C=O) groups is 3. The molecule has 2 aromatic carbocycles. The molecule has 0 spiro atoms.